The molecule has 1 aliphatic heterocycles. The normalized spacial score (nSPS) is 23.9. The molecule has 2 fully saturated rings. The molecule has 150 valence electrons. The van der Waals surface area contributed by atoms with E-state index in [1.807, 2.05) is 36.4 Å². The summed E-state index contributed by atoms with van der Waals surface area (Å²) in [5.41, 5.74) is 4.19. The van der Waals surface area contributed by atoms with E-state index in [0.29, 0.717) is 0 Å². The quantitative estimate of drug-likeness (QED) is 0.490. The lowest BCUT2D eigenvalue weighted by atomic mass is 10.0. The number of benzene rings is 2. The maximum atomic E-state index is 12.7. The molecule has 4 rings (SSSR count). The molecule has 2 atom stereocenters. The number of carbonyl (C=O) groups is 2. The van der Waals surface area contributed by atoms with Crippen molar-refractivity contribution in [2.24, 2.45) is 17.3 Å². The highest BCUT2D eigenvalue weighted by Crippen LogP contribution is 2.60. The first-order valence-electron chi connectivity index (χ1n) is 10.1. The van der Waals surface area contributed by atoms with Crippen LogP contribution in [0, 0.1) is 17.3 Å². The van der Waals surface area contributed by atoms with Crippen LogP contribution in [0.1, 0.15) is 37.0 Å². The highest BCUT2D eigenvalue weighted by molar-refractivity contribution is 8.14. The Labute approximate surface area is 176 Å². The van der Waals surface area contributed by atoms with Crippen LogP contribution in [0.5, 0.6) is 0 Å². The summed E-state index contributed by atoms with van der Waals surface area (Å²) < 4.78 is 5.66. The summed E-state index contributed by atoms with van der Waals surface area (Å²) >= 11 is 1.37. The van der Waals surface area contributed by atoms with E-state index >= 15 is 0 Å². The molecule has 0 aromatic heterocycles. The van der Waals surface area contributed by atoms with Gasteiger partial charge in [0.15, 0.2) is 0 Å². The smallest absolute Gasteiger partial charge is 0.310 e. The minimum Gasteiger partial charge on any atom is -0.461 e. The van der Waals surface area contributed by atoms with Crippen molar-refractivity contribution in [3.05, 3.63) is 82.9 Å². The van der Waals surface area contributed by atoms with Gasteiger partial charge in [-0.05, 0) is 40.9 Å². The molecule has 3 nitrogen and oxygen atoms in total. The maximum absolute atomic E-state index is 12.7. The second kappa shape index (κ2) is 8.19. The topological polar surface area (TPSA) is 43.4 Å². The summed E-state index contributed by atoms with van der Waals surface area (Å²) in [5.74, 6) is 0.619. The second-order valence-corrected chi connectivity index (χ2v) is 9.56. The van der Waals surface area contributed by atoms with E-state index in [0.717, 1.165) is 29.7 Å². The van der Waals surface area contributed by atoms with Gasteiger partial charge in [-0.3, -0.25) is 9.59 Å². The molecule has 0 unspecified atom stereocenters. The Morgan fingerprint density at radius 3 is 2.55 bits per heavy atom. The lowest BCUT2D eigenvalue weighted by Crippen LogP contribution is -2.10. The monoisotopic (exact) mass is 406 g/mol. The first-order valence-corrected chi connectivity index (χ1v) is 11.1. The molecule has 2 aromatic rings. The first kappa shape index (κ1) is 20.0. The molecular weight excluding hydrogens is 380 g/mol. The van der Waals surface area contributed by atoms with Crippen LogP contribution in [0.3, 0.4) is 0 Å². The summed E-state index contributed by atoms with van der Waals surface area (Å²) in [5, 5.41) is 0.162. The van der Waals surface area contributed by atoms with Gasteiger partial charge in [-0.15, -0.1) is 0 Å². The van der Waals surface area contributed by atoms with Gasteiger partial charge in [0.05, 0.1) is 5.92 Å². The maximum Gasteiger partial charge on any atom is 0.310 e. The third kappa shape index (κ3) is 4.48. The molecule has 29 heavy (non-hydrogen) atoms. The fraction of sp³-hybridized carbons (Fsp3) is 0.360. The van der Waals surface area contributed by atoms with Crippen LogP contribution in [-0.4, -0.2) is 16.8 Å². The van der Waals surface area contributed by atoms with E-state index in [4.69, 9.17) is 4.74 Å². The van der Waals surface area contributed by atoms with Crippen molar-refractivity contribution >= 4 is 22.8 Å². The molecule has 0 spiro atoms. The van der Waals surface area contributed by atoms with Crippen LogP contribution in [0.4, 0.5) is 0 Å². The SMILES string of the molecule is CC1(C)[C@H](C(=O)OCc2cccc(Cc3ccccc3)c2)[C@@H]1/C=C1\CCSC1=O. The minimum atomic E-state index is -0.166. The summed E-state index contributed by atoms with van der Waals surface area (Å²) in [6.45, 7) is 4.44. The van der Waals surface area contributed by atoms with Gasteiger partial charge >= 0.3 is 5.97 Å². The van der Waals surface area contributed by atoms with Crippen LogP contribution in [0.15, 0.2) is 66.2 Å². The van der Waals surface area contributed by atoms with Crippen LogP contribution < -0.4 is 0 Å². The summed E-state index contributed by atoms with van der Waals surface area (Å²) in [6.07, 6.45) is 3.70. The Bertz CT molecular complexity index is 946. The Hall–Kier alpha value is -2.33. The molecule has 1 saturated heterocycles. The zero-order valence-electron chi connectivity index (χ0n) is 16.9. The average molecular weight is 407 g/mol. The number of esters is 1. The fourth-order valence-electron chi connectivity index (χ4n) is 4.16. The molecule has 1 aliphatic carbocycles. The zero-order valence-corrected chi connectivity index (χ0v) is 17.7. The molecule has 0 N–H and O–H groups in total. The summed E-state index contributed by atoms with van der Waals surface area (Å²) in [6, 6.07) is 18.5. The number of allylic oxidation sites excluding steroid dienone is 1. The van der Waals surface area contributed by atoms with Crippen LogP contribution in [-0.2, 0) is 27.4 Å². The number of ether oxygens (including phenoxy) is 1. The van der Waals surface area contributed by atoms with Crippen molar-refractivity contribution in [2.45, 2.75) is 33.3 Å². The average Bonchev–Trinajstić information content (AvgIpc) is 3.01. The molecular formula is C25H26O3S. The van der Waals surface area contributed by atoms with E-state index in [9.17, 15) is 9.59 Å². The van der Waals surface area contributed by atoms with E-state index < -0.39 is 0 Å². The zero-order chi connectivity index (χ0) is 20.4. The number of hydrogen-bond acceptors (Lipinski definition) is 4. The lowest BCUT2D eigenvalue weighted by Gasteiger charge is -2.08. The van der Waals surface area contributed by atoms with Crippen molar-refractivity contribution in [1.82, 2.24) is 0 Å². The molecule has 1 heterocycles. The third-order valence-electron chi connectivity index (χ3n) is 6.04. The Kier molecular flexibility index (Phi) is 5.64. The first-order chi connectivity index (χ1) is 13.9. The van der Waals surface area contributed by atoms with E-state index in [-0.39, 0.29) is 34.9 Å². The van der Waals surface area contributed by atoms with Crippen LogP contribution in [0.25, 0.3) is 0 Å². The lowest BCUT2D eigenvalue weighted by molar-refractivity contribution is -0.147. The van der Waals surface area contributed by atoms with E-state index in [1.165, 1.54) is 22.9 Å². The largest absolute Gasteiger partial charge is 0.461 e. The van der Waals surface area contributed by atoms with Gasteiger partial charge in [0, 0.05) is 11.3 Å². The molecule has 2 aliphatic rings. The molecule has 0 bridgehead atoms. The van der Waals surface area contributed by atoms with Gasteiger partial charge in [0.1, 0.15) is 6.61 Å². The van der Waals surface area contributed by atoms with Gasteiger partial charge in [-0.2, -0.15) is 0 Å². The number of thioether (sulfide) groups is 1. The highest BCUT2D eigenvalue weighted by atomic mass is 32.2. The van der Waals surface area contributed by atoms with E-state index in [1.54, 1.807) is 0 Å². The molecule has 4 heteroatoms. The standard InChI is InChI=1S/C25H26O3S/c1-25(2)21(15-20-11-12-29-24(20)27)22(25)23(26)28-16-19-10-6-9-18(14-19)13-17-7-4-3-5-8-17/h3-10,14-15,21-22H,11-13,16H2,1-2H3/b20-15+/t21-,22-/m0/s1. The molecule has 2 aromatic carbocycles. The van der Waals surface area contributed by atoms with Gasteiger partial charge in [0.25, 0.3) is 0 Å². The highest BCUT2D eigenvalue weighted by Gasteiger charge is 2.61. The molecule has 0 amide bonds. The van der Waals surface area contributed by atoms with Crippen molar-refractivity contribution in [3.8, 4) is 0 Å². The predicted molar refractivity (Wildman–Crippen MR) is 116 cm³/mol. The Morgan fingerprint density at radius 1 is 1.10 bits per heavy atom. The van der Waals surface area contributed by atoms with Gasteiger partial charge in [-0.25, -0.2) is 0 Å². The fourth-order valence-corrected chi connectivity index (χ4v) is 5.02. The van der Waals surface area contributed by atoms with Gasteiger partial charge < -0.3 is 4.74 Å². The van der Waals surface area contributed by atoms with Crippen molar-refractivity contribution in [2.75, 3.05) is 5.75 Å². The van der Waals surface area contributed by atoms with Crippen molar-refractivity contribution < 1.29 is 14.3 Å². The molecule has 1 saturated carbocycles. The number of rotatable bonds is 6. The third-order valence-corrected chi connectivity index (χ3v) is 6.97. The Balaban J connectivity index is 1.36. The molecule has 0 radical (unpaired) electrons. The van der Waals surface area contributed by atoms with E-state index in [2.05, 4.69) is 38.1 Å². The minimum absolute atomic E-state index is 0.0945. The number of hydrogen-bond donors (Lipinski definition) is 0. The van der Waals surface area contributed by atoms with Crippen molar-refractivity contribution in [1.29, 1.82) is 0 Å². The van der Waals surface area contributed by atoms with Crippen LogP contribution >= 0.6 is 11.8 Å². The van der Waals surface area contributed by atoms with Crippen molar-refractivity contribution in [3.63, 3.8) is 0 Å². The predicted octanol–water partition coefficient (Wildman–Crippen LogP) is 5.18. The summed E-state index contributed by atoms with van der Waals surface area (Å²) in [7, 11) is 0. The van der Waals surface area contributed by atoms with Crippen LogP contribution in [0.2, 0.25) is 0 Å². The summed E-state index contributed by atoms with van der Waals surface area (Å²) in [4.78, 5) is 24.6. The Morgan fingerprint density at radius 2 is 1.83 bits per heavy atom. The number of carbonyl (C=O) groups excluding carboxylic acids is 2. The van der Waals surface area contributed by atoms with Gasteiger partial charge in [0.2, 0.25) is 5.12 Å². The van der Waals surface area contributed by atoms with Gasteiger partial charge in [-0.1, -0.05) is 86.3 Å². The second-order valence-electron chi connectivity index (χ2n) is 8.49.